The molecule has 0 spiro atoms. The number of aromatic nitrogens is 2. The third kappa shape index (κ3) is 4.23. The highest BCUT2D eigenvalue weighted by Gasteiger charge is 2.23. The summed E-state index contributed by atoms with van der Waals surface area (Å²) in [7, 11) is 0. The van der Waals surface area contributed by atoms with Gasteiger partial charge in [0.1, 0.15) is 11.4 Å². The van der Waals surface area contributed by atoms with Crippen LogP contribution in [0.4, 0.5) is 4.39 Å². The number of fused-ring (bicyclic) bond motifs is 1. The molecule has 0 aliphatic carbocycles. The molecule has 0 atom stereocenters. The molecule has 0 aliphatic rings. The van der Waals surface area contributed by atoms with Crippen LogP contribution in [0.3, 0.4) is 0 Å². The van der Waals surface area contributed by atoms with Gasteiger partial charge in [-0.25, -0.2) is 9.18 Å². The Kier molecular flexibility index (Phi) is 5.58. The molecule has 0 amide bonds. The zero-order valence-electron chi connectivity index (χ0n) is 16.4. The van der Waals surface area contributed by atoms with E-state index in [9.17, 15) is 9.18 Å². The Bertz CT molecular complexity index is 1160. The van der Waals surface area contributed by atoms with Gasteiger partial charge in [-0.05, 0) is 44.2 Å². The summed E-state index contributed by atoms with van der Waals surface area (Å²) in [5, 5.41) is 4.59. The monoisotopic (exact) mass is 410 g/mol. The minimum Gasteiger partial charge on any atom is -0.451 e. The number of hydrogen-bond donors (Lipinski definition) is 0. The lowest BCUT2D eigenvalue weighted by molar-refractivity contribution is 0.0400. The molecule has 30 heavy (non-hydrogen) atoms. The number of carbonyl (C=O) groups is 1. The second-order valence-electron chi connectivity index (χ2n) is 6.86. The fraction of sp³-hybridized carbons (Fsp3) is 0.227. The Balaban J connectivity index is 1.50. The zero-order valence-corrected chi connectivity index (χ0v) is 16.4. The molecule has 0 saturated carbocycles. The third-order valence-electron chi connectivity index (χ3n) is 4.34. The van der Waals surface area contributed by atoms with Gasteiger partial charge >= 0.3 is 5.97 Å². The first-order valence-corrected chi connectivity index (χ1v) is 9.39. The standard InChI is InChI=1S/C22H19FN2O5/c1-13(2)27-11-17-16-5-3-4-6-18(16)29-20(17)22(26)28-12-19-24-21(30-25-19)14-7-9-15(23)10-8-14/h3-10,13H,11-12H2,1-2H3. The lowest BCUT2D eigenvalue weighted by atomic mass is 10.1. The van der Waals surface area contributed by atoms with Crippen LogP contribution in [-0.4, -0.2) is 22.2 Å². The van der Waals surface area contributed by atoms with E-state index in [2.05, 4.69) is 10.1 Å². The highest BCUT2D eigenvalue weighted by Crippen LogP contribution is 2.28. The van der Waals surface area contributed by atoms with Gasteiger partial charge in [-0.15, -0.1) is 0 Å². The van der Waals surface area contributed by atoms with Gasteiger partial charge in [-0.1, -0.05) is 23.4 Å². The number of benzene rings is 2. The molecule has 0 unspecified atom stereocenters. The van der Waals surface area contributed by atoms with Gasteiger partial charge in [0, 0.05) is 16.5 Å². The van der Waals surface area contributed by atoms with Crippen molar-refractivity contribution in [2.75, 3.05) is 0 Å². The highest BCUT2D eigenvalue weighted by atomic mass is 19.1. The number of rotatable bonds is 7. The molecule has 7 nitrogen and oxygen atoms in total. The van der Waals surface area contributed by atoms with E-state index in [1.807, 2.05) is 32.0 Å². The molecule has 0 saturated heterocycles. The minimum absolute atomic E-state index is 0.00764. The van der Waals surface area contributed by atoms with E-state index >= 15 is 0 Å². The van der Waals surface area contributed by atoms with E-state index in [1.165, 1.54) is 24.3 Å². The fourth-order valence-electron chi connectivity index (χ4n) is 2.87. The quantitative estimate of drug-likeness (QED) is 0.400. The van der Waals surface area contributed by atoms with Crippen molar-refractivity contribution in [3.8, 4) is 11.5 Å². The van der Waals surface area contributed by atoms with E-state index in [4.69, 9.17) is 18.4 Å². The molecule has 2 aromatic carbocycles. The maximum atomic E-state index is 13.0. The topological polar surface area (TPSA) is 87.6 Å². The molecular weight excluding hydrogens is 391 g/mol. The van der Waals surface area contributed by atoms with Crippen LogP contribution in [0.25, 0.3) is 22.4 Å². The SMILES string of the molecule is CC(C)OCc1c(C(=O)OCc2noc(-c3ccc(F)cc3)n2)oc2ccccc12. The maximum Gasteiger partial charge on any atom is 0.375 e. The van der Waals surface area contributed by atoms with Crippen molar-refractivity contribution in [1.29, 1.82) is 0 Å². The second kappa shape index (κ2) is 8.46. The number of halogens is 1. The van der Waals surface area contributed by atoms with E-state index in [-0.39, 0.29) is 42.6 Å². The van der Waals surface area contributed by atoms with Crippen molar-refractivity contribution in [3.05, 3.63) is 71.5 Å². The number of hydrogen-bond acceptors (Lipinski definition) is 7. The number of carbonyl (C=O) groups excluding carboxylic acids is 1. The van der Waals surface area contributed by atoms with E-state index in [1.54, 1.807) is 6.07 Å². The normalized spacial score (nSPS) is 11.3. The minimum atomic E-state index is -0.651. The summed E-state index contributed by atoms with van der Waals surface area (Å²) in [5.74, 6) is -0.550. The van der Waals surface area contributed by atoms with Crippen molar-refractivity contribution < 1.29 is 27.6 Å². The summed E-state index contributed by atoms with van der Waals surface area (Å²) in [6.07, 6.45) is -0.00764. The number of ether oxygens (including phenoxy) is 2. The summed E-state index contributed by atoms with van der Waals surface area (Å²) in [5.41, 5.74) is 1.77. The summed E-state index contributed by atoms with van der Waals surface area (Å²) in [6.45, 7) is 3.84. The maximum absolute atomic E-state index is 13.0. The Morgan fingerprint density at radius 3 is 2.63 bits per heavy atom. The summed E-state index contributed by atoms with van der Waals surface area (Å²) >= 11 is 0. The summed E-state index contributed by atoms with van der Waals surface area (Å²) in [4.78, 5) is 16.8. The Morgan fingerprint density at radius 2 is 1.87 bits per heavy atom. The van der Waals surface area contributed by atoms with Gasteiger partial charge in [0.2, 0.25) is 11.6 Å². The lowest BCUT2D eigenvalue weighted by Crippen LogP contribution is -2.09. The van der Waals surface area contributed by atoms with Crippen molar-refractivity contribution in [2.24, 2.45) is 0 Å². The van der Waals surface area contributed by atoms with Gasteiger partial charge in [-0.3, -0.25) is 0 Å². The van der Waals surface area contributed by atoms with Gasteiger partial charge in [0.15, 0.2) is 6.61 Å². The predicted octanol–water partition coefficient (Wildman–Crippen LogP) is 4.90. The van der Waals surface area contributed by atoms with Gasteiger partial charge < -0.3 is 18.4 Å². The third-order valence-corrected chi connectivity index (χ3v) is 4.34. The van der Waals surface area contributed by atoms with Crippen molar-refractivity contribution in [1.82, 2.24) is 10.1 Å². The molecule has 2 heterocycles. The van der Waals surface area contributed by atoms with Crippen LogP contribution in [0, 0.1) is 5.82 Å². The second-order valence-corrected chi connectivity index (χ2v) is 6.86. The Hall–Kier alpha value is -3.52. The van der Waals surface area contributed by atoms with E-state index in [0.717, 1.165) is 5.39 Å². The number of esters is 1. The van der Waals surface area contributed by atoms with Gasteiger partial charge in [0.05, 0.1) is 12.7 Å². The van der Waals surface area contributed by atoms with Crippen molar-refractivity contribution in [3.63, 3.8) is 0 Å². The molecule has 0 fully saturated rings. The van der Waals surface area contributed by atoms with Crippen LogP contribution in [-0.2, 0) is 22.7 Å². The van der Waals surface area contributed by atoms with Crippen LogP contribution in [0.2, 0.25) is 0 Å². The molecule has 0 radical (unpaired) electrons. The molecule has 0 aliphatic heterocycles. The molecule has 4 rings (SSSR count). The molecule has 4 aromatic rings. The number of para-hydroxylation sites is 1. The molecular formula is C22H19FN2O5. The van der Waals surface area contributed by atoms with Crippen molar-refractivity contribution in [2.45, 2.75) is 33.2 Å². The first-order chi connectivity index (χ1) is 14.5. The average Bonchev–Trinajstić information content (AvgIpc) is 3.36. The lowest BCUT2D eigenvalue weighted by Gasteiger charge is -2.07. The Morgan fingerprint density at radius 1 is 1.10 bits per heavy atom. The first-order valence-electron chi connectivity index (χ1n) is 9.39. The van der Waals surface area contributed by atoms with E-state index in [0.29, 0.717) is 16.7 Å². The predicted molar refractivity (Wildman–Crippen MR) is 105 cm³/mol. The molecule has 0 N–H and O–H groups in total. The van der Waals surface area contributed by atoms with Crippen molar-refractivity contribution >= 4 is 16.9 Å². The summed E-state index contributed by atoms with van der Waals surface area (Å²) < 4.78 is 34.9. The molecule has 2 aromatic heterocycles. The van der Waals surface area contributed by atoms with Gasteiger partial charge in [-0.2, -0.15) is 4.98 Å². The van der Waals surface area contributed by atoms with Crippen LogP contribution < -0.4 is 0 Å². The van der Waals surface area contributed by atoms with Crippen LogP contribution in [0.5, 0.6) is 0 Å². The largest absolute Gasteiger partial charge is 0.451 e. The molecule has 0 bridgehead atoms. The molecule has 154 valence electrons. The first kappa shape index (κ1) is 19.8. The molecule has 8 heteroatoms. The Labute approximate surface area is 171 Å². The average molecular weight is 410 g/mol. The number of nitrogens with zero attached hydrogens (tertiary/aromatic N) is 2. The highest BCUT2D eigenvalue weighted by molar-refractivity contribution is 5.96. The van der Waals surface area contributed by atoms with Crippen LogP contribution in [0.15, 0.2) is 57.5 Å². The summed E-state index contributed by atoms with van der Waals surface area (Å²) in [6, 6.07) is 13.0. The fourth-order valence-corrected chi connectivity index (χ4v) is 2.87. The zero-order chi connectivity index (χ0) is 21.1. The van der Waals surface area contributed by atoms with E-state index < -0.39 is 5.97 Å². The smallest absolute Gasteiger partial charge is 0.375 e. The number of furan rings is 1. The van der Waals surface area contributed by atoms with Gasteiger partial charge in [0.25, 0.3) is 5.89 Å². The van der Waals surface area contributed by atoms with Crippen LogP contribution in [0.1, 0.15) is 35.8 Å². The van der Waals surface area contributed by atoms with Crippen LogP contribution >= 0.6 is 0 Å².